The van der Waals surface area contributed by atoms with Crippen molar-refractivity contribution in [3.8, 4) is 0 Å². The van der Waals surface area contributed by atoms with Gasteiger partial charge < -0.3 is 5.32 Å². The van der Waals surface area contributed by atoms with Crippen LogP contribution in [0.5, 0.6) is 0 Å². The lowest BCUT2D eigenvalue weighted by Crippen LogP contribution is -2.39. The third-order valence-electron chi connectivity index (χ3n) is 4.11. The largest absolute Gasteiger partial charge is 0.313 e. The second-order valence-electron chi connectivity index (χ2n) is 5.50. The lowest BCUT2D eigenvalue weighted by atomic mass is 9.87. The molecular formula is C12H23NO2S. The van der Waals surface area contributed by atoms with E-state index in [0.717, 1.165) is 18.8 Å². The Morgan fingerprint density at radius 2 is 1.81 bits per heavy atom. The van der Waals surface area contributed by atoms with Crippen LogP contribution in [0.4, 0.5) is 0 Å². The predicted molar refractivity (Wildman–Crippen MR) is 66.2 cm³/mol. The van der Waals surface area contributed by atoms with Gasteiger partial charge in [0.2, 0.25) is 0 Å². The van der Waals surface area contributed by atoms with E-state index >= 15 is 0 Å². The van der Waals surface area contributed by atoms with Crippen molar-refractivity contribution < 1.29 is 8.42 Å². The summed E-state index contributed by atoms with van der Waals surface area (Å²) in [6, 6.07) is 0.562. The molecule has 2 aliphatic rings. The summed E-state index contributed by atoms with van der Waals surface area (Å²) in [6.07, 6.45) is 6.72. The molecule has 1 heterocycles. The minimum absolute atomic E-state index is 0.105. The predicted octanol–water partition coefficient (Wildman–Crippen LogP) is 1.73. The van der Waals surface area contributed by atoms with Crippen LogP contribution in [0.1, 0.15) is 45.4 Å². The molecule has 4 heteroatoms. The van der Waals surface area contributed by atoms with E-state index in [-0.39, 0.29) is 5.25 Å². The zero-order chi connectivity index (χ0) is 11.6. The first-order valence-electron chi connectivity index (χ1n) is 6.53. The van der Waals surface area contributed by atoms with Crippen LogP contribution in [0, 0.1) is 5.92 Å². The number of hydrogen-bond acceptors (Lipinski definition) is 3. The molecule has 1 N–H and O–H groups in total. The Labute approximate surface area is 98.9 Å². The van der Waals surface area contributed by atoms with Gasteiger partial charge in [0.25, 0.3) is 0 Å². The molecule has 0 aromatic heterocycles. The summed E-state index contributed by atoms with van der Waals surface area (Å²) in [5, 5.41) is 3.36. The molecule has 1 aliphatic carbocycles. The summed E-state index contributed by atoms with van der Waals surface area (Å²) in [5.74, 6) is 1.26. The first-order chi connectivity index (χ1) is 7.58. The number of rotatable bonds is 3. The molecule has 1 aliphatic heterocycles. The highest BCUT2D eigenvalue weighted by molar-refractivity contribution is 7.92. The molecule has 1 unspecified atom stereocenters. The standard InChI is InChI=1S/C12H23NO2S/c1-10-4-6-11(7-5-10)13-9-12-3-2-8-16(12,14)15/h10-13H,2-9H2,1H3. The molecule has 2 rings (SSSR count). The van der Waals surface area contributed by atoms with Gasteiger partial charge in [-0.1, -0.05) is 6.92 Å². The van der Waals surface area contributed by atoms with Gasteiger partial charge in [0, 0.05) is 12.6 Å². The van der Waals surface area contributed by atoms with Gasteiger partial charge in [0.15, 0.2) is 9.84 Å². The maximum absolute atomic E-state index is 11.6. The molecule has 94 valence electrons. The maximum atomic E-state index is 11.6. The number of nitrogens with one attached hydrogen (secondary N) is 1. The van der Waals surface area contributed by atoms with Gasteiger partial charge in [-0.2, -0.15) is 0 Å². The second-order valence-corrected chi connectivity index (χ2v) is 7.90. The van der Waals surface area contributed by atoms with Crippen LogP contribution >= 0.6 is 0 Å². The summed E-state index contributed by atoms with van der Waals surface area (Å²) in [7, 11) is -2.76. The molecule has 0 amide bonds. The molecule has 16 heavy (non-hydrogen) atoms. The van der Waals surface area contributed by atoms with Crippen LogP contribution in [-0.2, 0) is 9.84 Å². The highest BCUT2D eigenvalue weighted by Crippen LogP contribution is 2.24. The SMILES string of the molecule is CC1CCC(NCC2CCCS2(=O)=O)CC1. The summed E-state index contributed by atoms with van der Waals surface area (Å²) < 4.78 is 23.3. The molecule has 0 aromatic rings. The molecule has 1 saturated carbocycles. The van der Waals surface area contributed by atoms with Crippen molar-refractivity contribution in [2.75, 3.05) is 12.3 Å². The first kappa shape index (κ1) is 12.4. The zero-order valence-electron chi connectivity index (χ0n) is 10.1. The molecule has 1 atom stereocenters. The van der Waals surface area contributed by atoms with Crippen molar-refractivity contribution in [3.05, 3.63) is 0 Å². The quantitative estimate of drug-likeness (QED) is 0.823. The topological polar surface area (TPSA) is 46.2 Å². The van der Waals surface area contributed by atoms with E-state index in [0.29, 0.717) is 18.3 Å². The molecule has 0 spiro atoms. The van der Waals surface area contributed by atoms with Gasteiger partial charge in [0.1, 0.15) is 0 Å². The van der Waals surface area contributed by atoms with E-state index in [1.807, 2.05) is 0 Å². The van der Waals surface area contributed by atoms with Crippen molar-refractivity contribution >= 4 is 9.84 Å². The Hall–Kier alpha value is -0.0900. The first-order valence-corrected chi connectivity index (χ1v) is 8.24. The maximum Gasteiger partial charge on any atom is 0.154 e. The Morgan fingerprint density at radius 1 is 1.12 bits per heavy atom. The van der Waals surface area contributed by atoms with E-state index < -0.39 is 9.84 Å². The van der Waals surface area contributed by atoms with Gasteiger partial charge >= 0.3 is 0 Å². The monoisotopic (exact) mass is 245 g/mol. The second kappa shape index (κ2) is 5.05. The Balaban J connectivity index is 1.75. The van der Waals surface area contributed by atoms with Crippen LogP contribution < -0.4 is 5.32 Å². The average Bonchev–Trinajstić information content (AvgIpc) is 2.57. The summed E-state index contributed by atoms with van der Waals surface area (Å²) in [5.41, 5.74) is 0. The number of sulfone groups is 1. The van der Waals surface area contributed by atoms with Crippen molar-refractivity contribution in [2.45, 2.75) is 56.7 Å². The summed E-state index contributed by atoms with van der Waals surface area (Å²) >= 11 is 0. The number of hydrogen-bond donors (Lipinski definition) is 1. The minimum atomic E-state index is -2.76. The van der Waals surface area contributed by atoms with Crippen LogP contribution in [0.25, 0.3) is 0 Å². The van der Waals surface area contributed by atoms with Crippen molar-refractivity contribution in [1.29, 1.82) is 0 Å². The Morgan fingerprint density at radius 3 is 2.38 bits per heavy atom. The van der Waals surface area contributed by atoms with E-state index in [1.165, 1.54) is 25.7 Å². The summed E-state index contributed by atoms with van der Waals surface area (Å²) in [6.45, 7) is 2.99. The zero-order valence-corrected chi connectivity index (χ0v) is 10.9. The summed E-state index contributed by atoms with van der Waals surface area (Å²) in [4.78, 5) is 0. The lowest BCUT2D eigenvalue weighted by Gasteiger charge is -2.27. The van der Waals surface area contributed by atoms with Crippen LogP contribution in [-0.4, -0.2) is 32.0 Å². The van der Waals surface area contributed by atoms with E-state index in [4.69, 9.17) is 0 Å². The third-order valence-corrected chi connectivity index (χ3v) is 6.39. The van der Waals surface area contributed by atoms with Crippen LogP contribution in [0.2, 0.25) is 0 Å². The fourth-order valence-corrected chi connectivity index (χ4v) is 4.63. The third kappa shape index (κ3) is 2.98. The van der Waals surface area contributed by atoms with E-state index in [2.05, 4.69) is 12.2 Å². The van der Waals surface area contributed by atoms with Crippen molar-refractivity contribution in [2.24, 2.45) is 5.92 Å². The average molecular weight is 245 g/mol. The van der Waals surface area contributed by atoms with Crippen LogP contribution in [0.15, 0.2) is 0 Å². The normalized spacial score (nSPS) is 38.7. The van der Waals surface area contributed by atoms with Gasteiger partial charge in [-0.05, 0) is 44.4 Å². The van der Waals surface area contributed by atoms with Crippen molar-refractivity contribution in [1.82, 2.24) is 5.32 Å². The van der Waals surface area contributed by atoms with Gasteiger partial charge in [-0.3, -0.25) is 0 Å². The highest BCUT2D eigenvalue weighted by atomic mass is 32.2. The molecule has 2 fully saturated rings. The fourth-order valence-electron chi connectivity index (χ4n) is 2.85. The molecule has 0 aromatic carbocycles. The Kier molecular flexibility index (Phi) is 3.90. The molecule has 3 nitrogen and oxygen atoms in total. The lowest BCUT2D eigenvalue weighted by molar-refractivity contribution is 0.307. The van der Waals surface area contributed by atoms with E-state index in [1.54, 1.807) is 0 Å². The minimum Gasteiger partial charge on any atom is -0.313 e. The van der Waals surface area contributed by atoms with Gasteiger partial charge in [-0.25, -0.2) is 8.42 Å². The molecular weight excluding hydrogens is 222 g/mol. The molecule has 0 radical (unpaired) electrons. The fraction of sp³-hybridized carbons (Fsp3) is 1.00. The molecule has 0 bridgehead atoms. The van der Waals surface area contributed by atoms with Crippen LogP contribution in [0.3, 0.4) is 0 Å². The smallest absolute Gasteiger partial charge is 0.154 e. The van der Waals surface area contributed by atoms with Crippen molar-refractivity contribution in [3.63, 3.8) is 0 Å². The Bertz CT molecular complexity index is 318. The molecule has 1 saturated heterocycles. The van der Waals surface area contributed by atoms with E-state index in [9.17, 15) is 8.42 Å². The van der Waals surface area contributed by atoms with Gasteiger partial charge in [-0.15, -0.1) is 0 Å². The highest BCUT2D eigenvalue weighted by Gasteiger charge is 2.31. The van der Waals surface area contributed by atoms with Gasteiger partial charge in [0.05, 0.1) is 11.0 Å².